The predicted octanol–water partition coefficient (Wildman–Crippen LogP) is 1.46. The lowest BCUT2D eigenvalue weighted by Gasteiger charge is -2.09. The number of hydrogen-bond donors (Lipinski definition) is 0. The fourth-order valence-corrected chi connectivity index (χ4v) is 3.34. The summed E-state index contributed by atoms with van der Waals surface area (Å²) in [6, 6.07) is 6.31. The molecule has 0 N–H and O–H groups in total. The Morgan fingerprint density at radius 1 is 1.21 bits per heavy atom. The second-order valence-electron chi connectivity index (χ2n) is 4.45. The number of fused-ring (bicyclic) bond motifs is 2. The molecule has 0 fully saturated rings. The quantitative estimate of drug-likeness (QED) is 0.539. The Bertz CT molecular complexity index is 879. The van der Waals surface area contributed by atoms with Crippen molar-refractivity contribution in [3.63, 3.8) is 0 Å². The fraction of sp³-hybridized carbons (Fsp3) is 0.214. The zero-order chi connectivity index (χ0) is 13.5. The summed E-state index contributed by atoms with van der Waals surface area (Å²) < 4.78 is 28.7. The normalized spacial score (nSPS) is 16.8. The van der Waals surface area contributed by atoms with Crippen molar-refractivity contribution in [1.29, 1.82) is 0 Å². The van der Waals surface area contributed by atoms with Gasteiger partial charge in [0.2, 0.25) is 0 Å². The monoisotopic (exact) mass is 274 g/mol. The van der Waals surface area contributed by atoms with Gasteiger partial charge in [-0.05, 0) is 23.8 Å². The summed E-state index contributed by atoms with van der Waals surface area (Å²) in [5.74, 6) is 5.83. The second kappa shape index (κ2) is 4.25. The van der Waals surface area contributed by atoms with E-state index in [9.17, 15) is 13.2 Å². The first-order valence-electron chi connectivity index (χ1n) is 5.80. The highest BCUT2D eigenvalue weighted by atomic mass is 32.2. The van der Waals surface area contributed by atoms with Gasteiger partial charge >= 0.3 is 5.63 Å². The van der Waals surface area contributed by atoms with Crippen molar-refractivity contribution >= 4 is 20.8 Å². The average molecular weight is 274 g/mol. The van der Waals surface area contributed by atoms with Crippen LogP contribution in [-0.2, 0) is 15.6 Å². The lowest BCUT2D eigenvalue weighted by atomic mass is 10.1. The van der Waals surface area contributed by atoms with E-state index in [1.54, 1.807) is 18.2 Å². The molecular weight excluding hydrogens is 264 g/mol. The summed E-state index contributed by atoms with van der Waals surface area (Å²) in [6.45, 7) is 0. The number of rotatable bonds is 0. The first-order chi connectivity index (χ1) is 9.03. The predicted molar refractivity (Wildman–Crippen MR) is 71.5 cm³/mol. The smallest absolute Gasteiger partial charge is 0.336 e. The molecular formula is C14H10O4S. The molecule has 0 aliphatic carbocycles. The van der Waals surface area contributed by atoms with E-state index in [1.807, 2.05) is 0 Å². The molecule has 0 saturated heterocycles. The lowest BCUT2D eigenvalue weighted by molar-refractivity contribution is 0.560. The lowest BCUT2D eigenvalue weighted by Crippen LogP contribution is -2.11. The summed E-state index contributed by atoms with van der Waals surface area (Å²) in [6.07, 6.45) is 0.332. The van der Waals surface area contributed by atoms with Crippen LogP contribution in [0.3, 0.4) is 0 Å². The van der Waals surface area contributed by atoms with Crippen LogP contribution in [0.2, 0.25) is 0 Å². The van der Waals surface area contributed by atoms with Crippen LogP contribution in [0, 0.1) is 11.8 Å². The van der Waals surface area contributed by atoms with E-state index in [1.165, 1.54) is 6.07 Å². The van der Waals surface area contributed by atoms with Gasteiger partial charge in [-0.25, -0.2) is 13.2 Å². The zero-order valence-electron chi connectivity index (χ0n) is 9.97. The Labute approximate surface area is 110 Å². The Hall–Kier alpha value is -2.06. The molecule has 19 heavy (non-hydrogen) atoms. The fourth-order valence-electron chi connectivity index (χ4n) is 2.07. The maximum absolute atomic E-state index is 11.8. The molecule has 0 saturated carbocycles. The van der Waals surface area contributed by atoms with Crippen molar-refractivity contribution < 1.29 is 12.8 Å². The molecule has 0 amide bonds. The minimum Gasteiger partial charge on any atom is -0.423 e. The van der Waals surface area contributed by atoms with Crippen molar-refractivity contribution in [3.8, 4) is 11.8 Å². The first kappa shape index (κ1) is 12.0. The molecule has 5 heteroatoms. The van der Waals surface area contributed by atoms with E-state index in [2.05, 4.69) is 11.8 Å². The SMILES string of the molecule is O=c1ccc2cc3c(cc2o1)C#CCCS(=O)(=O)C3. The third kappa shape index (κ3) is 2.40. The largest absolute Gasteiger partial charge is 0.423 e. The van der Waals surface area contributed by atoms with Crippen LogP contribution in [0.15, 0.2) is 33.5 Å². The average Bonchev–Trinajstić information content (AvgIpc) is 2.33. The van der Waals surface area contributed by atoms with E-state index < -0.39 is 15.5 Å². The summed E-state index contributed by atoms with van der Waals surface area (Å²) in [4.78, 5) is 11.2. The van der Waals surface area contributed by atoms with Crippen molar-refractivity contribution in [2.24, 2.45) is 0 Å². The van der Waals surface area contributed by atoms with Crippen LogP contribution in [0.5, 0.6) is 0 Å². The van der Waals surface area contributed by atoms with E-state index in [0.29, 0.717) is 28.5 Å². The summed E-state index contributed by atoms with van der Waals surface area (Å²) in [7, 11) is -3.13. The van der Waals surface area contributed by atoms with Crippen LogP contribution in [0.25, 0.3) is 11.0 Å². The van der Waals surface area contributed by atoms with Crippen molar-refractivity contribution in [2.75, 3.05) is 5.75 Å². The molecule has 2 heterocycles. The maximum atomic E-state index is 11.8. The first-order valence-corrected chi connectivity index (χ1v) is 7.62. The van der Waals surface area contributed by atoms with Gasteiger partial charge in [0.15, 0.2) is 9.84 Å². The maximum Gasteiger partial charge on any atom is 0.336 e. The van der Waals surface area contributed by atoms with Gasteiger partial charge in [-0.3, -0.25) is 0 Å². The molecule has 0 bridgehead atoms. The van der Waals surface area contributed by atoms with Crippen LogP contribution in [0.1, 0.15) is 17.5 Å². The Kier molecular flexibility index (Phi) is 2.68. The van der Waals surface area contributed by atoms with Crippen LogP contribution in [0.4, 0.5) is 0 Å². The van der Waals surface area contributed by atoms with Gasteiger partial charge in [0.1, 0.15) is 5.58 Å². The molecule has 96 valence electrons. The van der Waals surface area contributed by atoms with Crippen molar-refractivity contribution in [2.45, 2.75) is 12.2 Å². The standard InChI is InChI=1S/C14H10O4S/c15-14-5-4-11-7-12-9-19(16,17)6-2-1-3-10(12)8-13(11)18-14/h4-5,7-8H,2,6,9H2. The molecule has 1 aliphatic heterocycles. The number of sulfone groups is 1. The van der Waals surface area contributed by atoms with Crippen LogP contribution in [-0.4, -0.2) is 14.2 Å². The van der Waals surface area contributed by atoms with Crippen molar-refractivity contribution in [3.05, 3.63) is 45.8 Å². The molecule has 0 atom stereocenters. The molecule has 2 aromatic rings. The summed E-state index contributed by atoms with van der Waals surface area (Å²) in [5.41, 5.74) is 1.27. The van der Waals surface area contributed by atoms with E-state index in [0.717, 1.165) is 0 Å². The minimum atomic E-state index is -3.13. The van der Waals surface area contributed by atoms with Gasteiger partial charge in [-0.1, -0.05) is 11.8 Å². The molecule has 4 nitrogen and oxygen atoms in total. The number of hydrogen-bond acceptors (Lipinski definition) is 4. The Morgan fingerprint density at radius 2 is 2.05 bits per heavy atom. The topological polar surface area (TPSA) is 64.3 Å². The summed E-state index contributed by atoms with van der Waals surface area (Å²) >= 11 is 0. The Morgan fingerprint density at radius 3 is 2.89 bits per heavy atom. The molecule has 1 aromatic heterocycles. The third-order valence-electron chi connectivity index (χ3n) is 2.98. The van der Waals surface area contributed by atoms with E-state index >= 15 is 0 Å². The number of benzene rings is 1. The highest BCUT2D eigenvalue weighted by Gasteiger charge is 2.16. The third-order valence-corrected chi connectivity index (χ3v) is 4.56. The summed E-state index contributed by atoms with van der Waals surface area (Å²) in [5, 5.41) is 0.705. The van der Waals surface area contributed by atoms with Gasteiger partial charge < -0.3 is 4.42 Å². The van der Waals surface area contributed by atoms with E-state index in [4.69, 9.17) is 4.42 Å². The van der Waals surface area contributed by atoms with Gasteiger partial charge in [0.25, 0.3) is 0 Å². The van der Waals surface area contributed by atoms with Gasteiger partial charge in [-0.2, -0.15) is 0 Å². The van der Waals surface area contributed by atoms with Crippen LogP contribution < -0.4 is 5.63 Å². The van der Waals surface area contributed by atoms with Gasteiger partial charge in [0, 0.05) is 23.4 Å². The molecule has 1 aromatic carbocycles. The highest BCUT2D eigenvalue weighted by Crippen LogP contribution is 2.22. The Balaban J connectivity index is 2.30. The van der Waals surface area contributed by atoms with Crippen molar-refractivity contribution in [1.82, 2.24) is 0 Å². The molecule has 0 radical (unpaired) electrons. The van der Waals surface area contributed by atoms with E-state index in [-0.39, 0.29) is 11.5 Å². The highest BCUT2D eigenvalue weighted by molar-refractivity contribution is 7.90. The van der Waals surface area contributed by atoms with Gasteiger partial charge in [-0.15, -0.1) is 0 Å². The minimum absolute atomic E-state index is 0.0217. The second-order valence-corrected chi connectivity index (χ2v) is 6.63. The van der Waals surface area contributed by atoms with Gasteiger partial charge in [0.05, 0.1) is 11.5 Å². The molecule has 0 spiro atoms. The zero-order valence-corrected chi connectivity index (χ0v) is 10.8. The molecule has 1 aliphatic rings. The van der Waals surface area contributed by atoms with Crippen LogP contribution >= 0.6 is 0 Å². The molecule has 0 unspecified atom stereocenters. The molecule has 3 rings (SSSR count).